The molecule has 1 heterocycles. The third kappa shape index (κ3) is 2.13. The number of anilines is 1. The molecule has 0 spiro atoms. The van der Waals surface area contributed by atoms with Crippen molar-refractivity contribution in [3.8, 4) is 6.07 Å². The first kappa shape index (κ1) is 11.2. The number of nitrogens with two attached hydrogens (primary N) is 1. The minimum absolute atomic E-state index is 0.426. The van der Waals surface area contributed by atoms with Crippen LogP contribution in [0.3, 0.4) is 0 Å². The summed E-state index contributed by atoms with van der Waals surface area (Å²) in [6, 6.07) is 10.3. The minimum atomic E-state index is 0.426. The van der Waals surface area contributed by atoms with Crippen molar-refractivity contribution in [2.75, 3.05) is 5.73 Å². The molecule has 0 saturated carbocycles. The van der Waals surface area contributed by atoms with Crippen LogP contribution in [0, 0.1) is 18.3 Å². The summed E-state index contributed by atoms with van der Waals surface area (Å²) in [7, 11) is 1.74. The lowest BCUT2D eigenvalue weighted by atomic mass is 10.1. The van der Waals surface area contributed by atoms with Gasteiger partial charge in [-0.25, -0.2) is 0 Å². The molecular formula is C13H14N4. The van der Waals surface area contributed by atoms with Gasteiger partial charge in [0.05, 0.1) is 5.69 Å². The first-order chi connectivity index (χ1) is 8.11. The Labute approximate surface area is 100 Å². The Morgan fingerprint density at radius 1 is 1.35 bits per heavy atom. The van der Waals surface area contributed by atoms with Gasteiger partial charge in [0.15, 0.2) is 0 Å². The fourth-order valence-corrected chi connectivity index (χ4v) is 1.74. The van der Waals surface area contributed by atoms with Gasteiger partial charge in [0.2, 0.25) is 0 Å². The molecular weight excluding hydrogens is 212 g/mol. The van der Waals surface area contributed by atoms with E-state index in [0.29, 0.717) is 17.8 Å². The van der Waals surface area contributed by atoms with Crippen LogP contribution in [-0.4, -0.2) is 9.78 Å². The van der Waals surface area contributed by atoms with Gasteiger partial charge in [-0.3, -0.25) is 4.68 Å². The molecule has 0 aliphatic carbocycles. The molecule has 1 aromatic carbocycles. The second-order valence-corrected chi connectivity index (χ2v) is 4.10. The van der Waals surface area contributed by atoms with Crippen molar-refractivity contribution in [2.45, 2.75) is 13.3 Å². The van der Waals surface area contributed by atoms with Crippen LogP contribution in [0.2, 0.25) is 0 Å². The molecule has 0 fully saturated rings. The van der Waals surface area contributed by atoms with Gasteiger partial charge in [0.25, 0.3) is 0 Å². The van der Waals surface area contributed by atoms with Crippen molar-refractivity contribution in [1.82, 2.24) is 9.78 Å². The number of nitriles is 1. The fourth-order valence-electron chi connectivity index (χ4n) is 1.74. The Morgan fingerprint density at radius 3 is 2.59 bits per heavy atom. The van der Waals surface area contributed by atoms with E-state index in [0.717, 1.165) is 11.3 Å². The van der Waals surface area contributed by atoms with E-state index in [4.69, 9.17) is 11.0 Å². The quantitative estimate of drug-likeness (QED) is 0.848. The first-order valence-electron chi connectivity index (χ1n) is 5.39. The van der Waals surface area contributed by atoms with Gasteiger partial charge in [-0.2, -0.15) is 10.4 Å². The molecule has 2 rings (SSSR count). The minimum Gasteiger partial charge on any atom is -0.383 e. The lowest BCUT2D eigenvalue weighted by molar-refractivity contribution is 0.759. The van der Waals surface area contributed by atoms with Crippen LogP contribution >= 0.6 is 0 Å². The predicted octanol–water partition coefficient (Wildman–Crippen LogP) is 1.77. The van der Waals surface area contributed by atoms with E-state index in [1.54, 1.807) is 11.7 Å². The summed E-state index contributed by atoms with van der Waals surface area (Å²) in [6.45, 7) is 2.04. The molecule has 4 heteroatoms. The average Bonchev–Trinajstić information content (AvgIpc) is 2.58. The maximum atomic E-state index is 9.05. The van der Waals surface area contributed by atoms with Crippen LogP contribution in [0.25, 0.3) is 0 Å². The number of rotatable bonds is 2. The highest BCUT2D eigenvalue weighted by atomic mass is 15.3. The van der Waals surface area contributed by atoms with E-state index in [2.05, 4.69) is 11.2 Å². The maximum Gasteiger partial charge on any atom is 0.139 e. The summed E-state index contributed by atoms with van der Waals surface area (Å²) in [5, 5.41) is 13.3. The molecule has 0 unspecified atom stereocenters. The smallest absolute Gasteiger partial charge is 0.139 e. The van der Waals surface area contributed by atoms with Crippen LogP contribution in [0.15, 0.2) is 24.3 Å². The van der Waals surface area contributed by atoms with Crippen LogP contribution in [0.4, 0.5) is 5.82 Å². The maximum absolute atomic E-state index is 9.05. The molecule has 2 aromatic rings. The number of aromatic nitrogens is 2. The molecule has 0 bridgehead atoms. The highest BCUT2D eigenvalue weighted by Crippen LogP contribution is 2.18. The second-order valence-electron chi connectivity index (χ2n) is 4.10. The van der Waals surface area contributed by atoms with Crippen LogP contribution in [0.1, 0.15) is 22.4 Å². The summed E-state index contributed by atoms with van der Waals surface area (Å²) in [5.74, 6) is 0.426. The third-order valence-electron chi connectivity index (χ3n) is 2.77. The van der Waals surface area contributed by atoms with E-state index in [1.165, 1.54) is 5.56 Å². The first-order valence-corrected chi connectivity index (χ1v) is 5.39. The summed E-state index contributed by atoms with van der Waals surface area (Å²) >= 11 is 0. The lowest BCUT2D eigenvalue weighted by Crippen LogP contribution is -1.98. The summed E-state index contributed by atoms with van der Waals surface area (Å²) < 4.78 is 1.54. The Morgan fingerprint density at radius 2 is 2.00 bits per heavy atom. The van der Waals surface area contributed by atoms with Gasteiger partial charge in [-0.1, -0.05) is 29.8 Å². The van der Waals surface area contributed by atoms with Crippen molar-refractivity contribution < 1.29 is 0 Å². The van der Waals surface area contributed by atoms with Crippen molar-refractivity contribution in [1.29, 1.82) is 5.26 Å². The summed E-state index contributed by atoms with van der Waals surface area (Å²) in [5.41, 5.74) is 9.33. The zero-order chi connectivity index (χ0) is 12.4. The van der Waals surface area contributed by atoms with Crippen molar-refractivity contribution in [3.05, 3.63) is 46.6 Å². The molecule has 0 aliphatic heterocycles. The van der Waals surface area contributed by atoms with E-state index in [9.17, 15) is 0 Å². The van der Waals surface area contributed by atoms with Crippen LogP contribution in [-0.2, 0) is 13.5 Å². The molecule has 17 heavy (non-hydrogen) atoms. The van der Waals surface area contributed by atoms with Crippen molar-refractivity contribution in [3.63, 3.8) is 0 Å². The van der Waals surface area contributed by atoms with Gasteiger partial charge < -0.3 is 5.73 Å². The second kappa shape index (κ2) is 4.30. The van der Waals surface area contributed by atoms with Crippen molar-refractivity contribution in [2.24, 2.45) is 7.05 Å². The largest absolute Gasteiger partial charge is 0.383 e. The van der Waals surface area contributed by atoms with Gasteiger partial charge >= 0.3 is 0 Å². The molecule has 0 radical (unpaired) electrons. The molecule has 0 amide bonds. The van der Waals surface area contributed by atoms with Crippen molar-refractivity contribution >= 4 is 5.82 Å². The van der Waals surface area contributed by atoms with E-state index < -0.39 is 0 Å². The fraction of sp³-hybridized carbons (Fsp3) is 0.231. The molecule has 4 nitrogen and oxygen atoms in total. The van der Waals surface area contributed by atoms with Gasteiger partial charge in [-0.15, -0.1) is 0 Å². The number of hydrogen-bond donors (Lipinski definition) is 1. The van der Waals surface area contributed by atoms with E-state index >= 15 is 0 Å². The Bertz CT molecular complexity index is 573. The third-order valence-corrected chi connectivity index (χ3v) is 2.77. The molecule has 0 aliphatic rings. The van der Waals surface area contributed by atoms with Gasteiger partial charge in [0.1, 0.15) is 17.5 Å². The Balaban J connectivity index is 2.34. The Hall–Kier alpha value is -2.28. The van der Waals surface area contributed by atoms with Crippen LogP contribution in [0.5, 0.6) is 0 Å². The predicted molar refractivity (Wildman–Crippen MR) is 66.3 cm³/mol. The molecule has 0 saturated heterocycles. The molecule has 1 aromatic heterocycles. The number of aryl methyl sites for hydroxylation is 2. The SMILES string of the molecule is Cc1ccc(Cc2nn(C)c(N)c2C#N)cc1. The summed E-state index contributed by atoms with van der Waals surface area (Å²) in [4.78, 5) is 0. The Kier molecular flexibility index (Phi) is 2.84. The van der Waals surface area contributed by atoms with Gasteiger partial charge in [-0.05, 0) is 12.5 Å². The highest BCUT2D eigenvalue weighted by Gasteiger charge is 2.13. The molecule has 2 N–H and O–H groups in total. The number of nitrogen functional groups attached to an aromatic ring is 1. The number of hydrogen-bond acceptors (Lipinski definition) is 3. The zero-order valence-corrected chi connectivity index (χ0v) is 9.94. The number of nitrogens with zero attached hydrogens (tertiary/aromatic N) is 3. The zero-order valence-electron chi connectivity index (χ0n) is 9.94. The lowest BCUT2D eigenvalue weighted by Gasteiger charge is -1.99. The average molecular weight is 226 g/mol. The molecule has 86 valence electrons. The van der Waals surface area contributed by atoms with Crippen LogP contribution < -0.4 is 5.73 Å². The van der Waals surface area contributed by atoms with Gasteiger partial charge in [0, 0.05) is 13.5 Å². The standard InChI is InChI=1S/C13H14N4/c1-9-3-5-10(6-4-9)7-12-11(8-14)13(15)17(2)16-12/h3-6H,7,15H2,1-2H3. The van der Waals surface area contributed by atoms with E-state index in [1.807, 2.05) is 31.2 Å². The topological polar surface area (TPSA) is 67.6 Å². The molecule has 0 atom stereocenters. The monoisotopic (exact) mass is 226 g/mol. The summed E-state index contributed by atoms with van der Waals surface area (Å²) in [6.07, 6.45) is 0.633. The highest BCUT2D eigenvalue weighted by molar-refractivity contribution is 5.52. The number of benzene rings is 1. The van der Waals surface area contributed by atoms with E-state index in [-0.39, 0.29) is 0 Å². The normalized spacial score (nSPS) is 10.2.